The molecule has 0 aliphatic heterocycles. The van der Waals surface area contributed by atoms with Crippen molar-refractivity contribution in [1.82, 2.24) is 0 Å². The number of hydrogen-bond donors (Lipinski definition) is 0. The molecule has 0 saturated heterocycles. The van der Waals surface area contributed by atoms with E-state index in [0.29, 0.717) is 13.0 Å². The van der Waals surface area contributed by atoms with Crippen molar-refractivity contribution in [3.8, 4) is 0 Å². The molecule has 0 spiro atoms. The number of carbonyl (C=O) groups is 1. The molecule has 0 aromatic rings. The summed E-state index contributed by atoms with van der Waals surface area (Å²) in [6.45, 7) is 5.19. The minimum Gasteiger partial charge on any atom is -0.466 e. The third-order valence-corrected chi connectivity index (χ3v) is 8.56. The average molecular weight is 589 g/mol. The summed E-state index contributed by atoms with van der Waals surface area (Å²) in [5.74, 6) is 0.0174. The second kappa shape index (κ2) is 38.0. The predicted molar refractivity (Wildman–Crippen MR) is 188 cm³/mol. The Labute approximate surface area is 265 Å². The van der Waals surface area contributed by atoms with Gasteiger partial charge in [-0.3, -0.25) is 4.79 Å². The number of hydrogen-bond acceptors (Lipinski definition) is 2. The average Bonchev–Trinajstić information content (AvgIpc) is 3.00. The summed E-state index contributed by atoms with van der Waals surface area (Å²) in [5.41, 5.74) is 0. The topological polar surface area (TPSA) is 26.3 Å². The molecule has 0 unspecified atom stereocenters. The number of unbranched alkanes of at least 4 members (excludes halogenated alkanes) is 27. The van der Waals surface area contributed by atoms with Crippen molar-refractivity contribution >= 4 is 5.97 Å². The lowest BCUT2D eigenvalue weighted by molar-refractivity contribution is -0.143. The van der Waals surface area contributed by atoms with E-state index in [4.69, 9.17) is 4.74 Å². The van der Waals surface area contributed by atoms with Crippen molar-refractivity contribution in [2.45, 2.75) is 219 Å². The number of carbonyl (C=O) groups excluding carboxylic acids is 1. The molecule has 0 aromatic carbocycles. The maximum absolute atomic E-state index is 12.0. The van der Waals surface area contributed by atoms with Gasteiger partial charge in [-0.2, -0.15) is 0 Å². The van der Waals surface area contributed by atoms with Crippen LogP contribution in [0.1, 0.15) is 219 Å². The third kappa shape index (κ3) is 37.0. The van der Waals surface area contributed by atoms with E-state index in [1.807, 2.05) is 0 Å². The molecule has 0 aromatic heterocycles. The largest absolute Gasteiger partial charge is 0.466 e. The van der Waals surface area contributed by atoms with Gasteiger partial charge in [-0.05, 0) is 64.2 Å². The Balaban J connectivity index is 3.21. The van der Waals surface area contributed by atoms with Crippen molar-refractivity contribution < 1.29 is 9.53 Å². The number of esters is 1. The van der Waals surface area contributed by atoms with Gasteiger partial charge in [0.2, 0.25) is 0 Å². The predicted octanol–water partition coefficient (Wildman–Crippen LogP) is 14.2. The normalized spacial score (nSPS) is 11.8. The van der Waals surface area contributed by atoms with Gasteiger partial charge in [0.15, 0.2) is 0 Å². The van der Waals surface area contributed by atoms with Crippen molar-refractivity contribution in [3.63, 3.8) is 0 Å². The van der Waals surface area contributed by atoms with Gasteiger partial charge < -0.3 is 4.74 Å². The Bertz CT molecular complexity index is 564. The van der Waals surface area contributed by atoms with Gasteiger partial charge >= 0.3 is 5.97 Å². The quantitative estimate of drug-likeness (QED) is 0.0418. The van der Waals surface area contributed by atoms with Crippen LogP contribution in [0.25, 0.3) is 0 Å². The molecule has 0 aliphatic rings. The molecule has 0 bridgehead atoms. The maximum atomic E-state index is 12.0. The summed E-state index contributed by atoms with van der Waals surface area (Å²) in [5, 5.41) is 0. The van der Waals surface area contributed by atoms with Crippen LogP contribution in [0.3, 0.4) is 0 Å². The molecule has 0 heterocycles. The van der Waals surface area contributed by atoms with E-state index in [2.05, 4.69) is 38.2 Å². The minimum atomic E-state index is 0.0174. The summed E-state index contributed by atoms with van der Waals surface area (Å²) in [7, 11) is 0. The Kier molecular flexibility index (Phi) is 37.0. The minimum absolute atomic E-state index is 0.0174. The van der Waals surface area contributed by atoms with Crippen LogP contribution < -0.4 is 0 Å². The molecule has 0 amide bonds. The van der Waals surface area contributed by atoms with E-state index in [1.54, 1.807) is 0 Å². The van der Waals surface area contributed by atoms with Gasteiger partial charge in [0, 0.05) is 6.42 Å². The fourth-order valence-corrected chi connectivity index (χ4v) is 5.65. The zero-order valence-corrected chi connectivity index (χ0v) is 29.0. The lowest BCUT2D eigenvalue weighted by Gasteiger charge is -2.05. The van der Waals surface area contributed by atoms with Crippen LogP contribution >= 0.6 is 0 Å². The molecule has 42 heavy (non-hydrogen) atoms. The molecular weight excluding hydrogens is 512 g/mol. The van der Waals surface area contributed by atoms with Crippen molar-refractivity contribution in [3.05, 3.63) is 24.3 Å². The molecule has 0 aliphatic carbocycles. The van der Waals surface area contributed by atoms with Crippen molar-refractivity contribution in [1.29, 1.82) is 0 Å². The van der Waals surface area contributed by atoms with E-state index >= 15 is 0 Å². The highest BCUT2D eigenvalue weighted by Gasteiger charge is 2.02. The number of allylic oxidation sites excluding steroid dienone is 4. The number of ether oxygens (including phenoxy) is 1. The molecule has 248 valence electrons. The zero-order valence-electron chi connectivity index (χ0n) is 29.0. The van der Waals surface area contributed by atoms with Gasteiger partial charge in [0.05, 0.1) is 6.61 Å². The smallest absolute Gasteiger partial charge is 0.305 e. The molecule has 2 heteroatoms. The highest BCUT2D eigenvalue weighted by atomic mass is 16.5. The summed E-state index contributed by atoms with van der Waals surface area (Å²) in [6.07, 6.45) is 51.1. The van der Waals surface area contributed by atoms with Crippen molar-refractivity contribution in [2.24, 2.45) is 0 Å². The van der Waals surface area contributed by atoms with E-state index in [-0.39, 0.29) is 5.97 Å². The highest BCUT2D eigenvalue weighted by molar-refractivity contribution is 5.69. The highest BCUT2D eigenvalue weighted by Crippen LogP contribution is 2.13. The molecule has 0 rings (SSSR count). The first-order valence-corrected chi connectivity index (χ1v) is 19.3. The molecule has 0 N–H and O–H groups in total. The summed E-state index contributed by atoms with van der Waals surface area (Å²) >= 11 is 0. The standard InChI is InChI=1S/C40H76O2/c1-3-5-7-9-11-13-15-17-19-21-22-23-24-26-28-30-32-34-36-38-40(41)42-39-37-35-33-31-29-27-25-20-18-16-14-12-10-8-6-4-2/h17-20H,3-16,21-39H2,1-2H3. The molecule has 0 atom stereocenters. The first-order valence-electron chi connectivity index (χ1n) is 19.3. The molecule has 0 fully saturated rings. The van der Waals surface area contributed by atoms with Crippen LogP contribution in [0.2, 0.25) is 0 Å². The molecule has 2 nitrogen and oxygen atoms in total. The molecule has 0 radical (unpaired) electrons. The summed E-state index contributed by atoms with van der Waals surface area (Å²) in [4.78, 5) is 12.0. The van der Waals surface area contributed by atoms with E-state index in [0.717, 1.165) is 12.8 Å². The Morgan fingerprint density at radius 2 is 0.667 bits per heavy atom. The van der Waals surface area contributed by atoms with Crippen LogP contribution in [-0.2, 0) is 9.53 Å². The Morgan fingerprint density at radius 3 is 1.02 bits per heavy atom. The lowest BCUT2D eigenvalue weighted by Crippen LogP contribution is -2.05. The van der Waals surface area contributed by atoms with Crippen LogP contribution in [0.15, 0.2) is 24.3 Å². The maximum Gasteiger partial charge on any atom is 0.305 e. The fraction of sp³-hybridized carbons (Fsp3) is 0.875. The van der Waals surface area contributed by atoms with Crippen LogP contribution in [-0.4, -0.2) is 12.6 Å². The van der Waals surface area contributed by atoms with Gasteiger partial charge in [0.25, 0.3) is 0 Å². The van der Waals surface area contributed by atoms with Crippen molar-refractivity contribution in [2.75, 3.05) is 6.61 Å². The molecule has 0 saturated carbocycles. The van der Waals surface area contributed by atoms with E-state index in [1.165, 1.54) is 186 Å². The fourth-order valence-electron chi connectivity index (χ4n) is 5.65. The first kappa shape index (κ1) is 41.0. The van der Waals surface area contributed by atoms with Gasteiger partial charge in [-0.15, -0.1) is 0 Å². The van der Waals surface area contributed by atoms with Crippen LogP contribution in [0.5, 0.6) is 0 Å². The van der Waals surface area contributed by atoms with E-state index in [9.17, 15) is 4.79 Å². The SMILES string of the molecule is CCCCCCCCC=CCCCCCCCCCCCC(=O)OCCCCCCCCC=CCCCCCCCC. The summed E-state index contributed by atoms with van der Waals surface area (Å²) < 4.78 is 5.45. The van der Waals surface area contributed by atoms with E-state index < -0.39 is 0 Å². The van der Waals surface area contributed by atoms with Crippen LogP contribution in [0.4, 0.5) is 0 Å². The zero-order chi connectivity index (χ0) is 30.4. The summed E-state index contributed by atoms with van der Waals surface area (Å²) in [6, 6.07) is 0. The number of rotatable bonds is 35. The lowest BCUT2D eigenvalue weighted by atomic mass is 10.1. The van der Waals surface area contributed by atoms with Gasteiger partial charge in [-0.25, -0.2) is 0 Å². The molecular formula is C40H76O2. The third-order valence-electron chi connectivity index (χ3n) is 8.56. The first-order chi connectivity index (χ1) is 20.8. The monoisotopic (exact) mass is 589 g/mol. The Hall–Kier alpha value is -1.05. The van der Waals surface area contributed by atoms with Crippen LogP contribution in [0, 0.1) is 0 Å². The second-order valence-corrected chi connectivity index (χ2v) is 12.9. The van der Waals surface area contributed by atoms with Gasteiger partial charge in [0.1, 0.15) is 0 Å². The Morgan fingerprint density at radius 1 is 0.381 bits per heavy atom. The van der Waals surface area contributed by atoms with Gasteiger partial charge in [-0.1, -0.05) is 173 Å². The second-order valence-electron chi connectivity index (χ2n) is 12.9.